The van der Waals surface area contributed by atoms with Gasteiger partial charge in [-0.25, -0.2) is 4.79 Å². The SMILES string of the molecule is NC(=O)c1cccc(NC(=O)C2CSC(c3ccncc3)N2C(=O)OCc2ccccc2)c1. The van der Waals surface area contributed by atoms with Crippen molar-refractivity contribution in [3.63, 3.8) is 0 Å². The molecule has 1 aromatic heterocycles. The van der Waals surface area contributed by atoms with Crippen LogP contribution in [0.3, 0.4) is 0 Å². The number of hydrogen-bond acceptors (Lipinski definition) is 6. The average Bonchev–Trinajstić information content (AvgIpc) is 3.29. The van der Waals surface area contributed by atoms with Crippen LogP contribution in [0.25, 0.3) is 0 Å². The van der Waals surface area contributed by atoms with E-state index in [0.717, 1.165) is 11.1 Å². The minimum atomic E-state index is -0.770. The molecule has 8 nitrogen and oxygen atoms in total. The van der Waals surface area contributed by atoms with Gasteiger partial charge in [-0.1, -0.05) is 36.4 Å². The van der Waals surface area contributed by atoms with Crippen molar-refractivity contribution in [2.45, 2.75) is 18.0 Å². The van der Waals surface area contributed by atoms with E-state index in [-0.39, 0.29) is 18.1 Å². The molecule has 0 aliphatic carbocycles. The van der Waals surface area contributed by atoms with Gasteiger partial charge < -0.3 is 15.8 Å². The standard InChI is InChI=1S/C24H22N4O4S/c25-21(29)18-7-4-8-19(13-18)27-22(30)20-15-33-23(17-9-11-26-12-10-17)28(20)24(31)32-14-16-5-2-1-3-6-16/h1-13,20,23H,14-15H2,(H2,25,29)(H,27,30). The lowest BCUT2D eigenvalue weighted by Crippen LogP contribution is -2.45. The summed E-state index contributed by atoms with van der Waals surface area (Å²) in [5.74, 6) is -0.585. The van der Waals surface area contributed by atoms with Crippen molar-refractivity contribution >= 4 is 35.4 Å². The number of primary amides is 1. The molecule has 1 saturated heterocycles. The lowest BCUT2D eigenvalue weighted by atomic mass is 10.1. The molecular formula is C24H22N4O4S. The summed E-state index contributed by atoms with van der Waals surface area (Å²) >= 11 is 1.47. The number of pyridine rings is 1. The number of carbonyl (C=O) groups excluding carboxylic acids is 3. The van der Waals surface area contributed by atoms with E-state index in [9.17, 15) is 14.4 Å². The highest BCUT2D eigenvalue weighted by molar-refractivity contribution is 7.99. The summed E-state index contributed by atoms with van der Waals surface area (Å²) in [4.78, 5) is 43.3. The number of benzene rings is 2. The Labute approximate surface area is 195 Å². The number of ether oxygens (including phenoxy) is 1. The first-order valence-electron chi connectivity index (χ1n) is 10.2. The third kappa shape index (κ3) is 5.32. The zero-order valence-corrected chi connectivity index (χ0v) is 18.4. The topological polar surface area (TPSA) is 115 Å². The molecule has 2 heterocycles. The lowest BCUT2D eigenvalue weighted by Gasteiger charge is -2.28. The molecule has 3 aromatic rings. The third-order valence-corrected chi connectivity index (χ3v) is 6.45. The Bertz CT molecular complexity index is 1140. The van der Waals surface area contributed by atoms with Crippen molar-refractivity contribution in [1.82, 2.24) is 9.88 Å². The molecule has 2 atom stereocenters. The fourth-order valence-electron chi connectivity index (χ4n) is 3.49. The number of thioether (sulfide) groups is 1. The summed E-state index contributed by atoms with van der Waals surface area (Å²) in [5.41, 5.74) is 7.73. The van der Waals surface area contributed by atoms with Gasteiger partial charge in [0.05, 0.1) is 0 Å². The van der Waals surface area contributed by atoms with Crippen molar-refractivity contribution in [3.8, 4) is 0 Å². The minimum Gasteiger partial charge on any atom is -0.444 e. The quantitative estimate of drug-likeness (QED) is 0.579. The van der Waals surface area contributed by atoms with Crippen molar-refractivity contribution in [1.29, 1.82) is 0 Å². The molecule has 0 spiro atoms. The van der Waals surface area contributed by atoms with E-state index in [1.165, 1.54) is 22.7 Å². The maximum atomic E-state index is 13.2. The second kappa shape index (κ2) is 10.2. The van der Waals surface area contributed by atoms with Gasteiger partial charge >= 0.3 is 6.09 Å². The zero-order valence-electron chi connectivity index (χ0n) is 17.6. The maximum absolute atomic E-state index is 13.2. The Balaban J connectivity index is 1.54. The smallest absolute Gasteiger partial charge is 0.412 e. The van der Waals surface area contributed by atoms with E-state index in [2.05, 4.69) is 10.3 Å². The molecule has 0 radical (unpaired) electrons. The summed E-state index contributed by atoms with van der Waals surface area (Å²) in [6.45, 7) is 0.0961. The van der Waals surface area contributed by atoms with Crippen LogP contribution in [0.1, 0.15) is 26.9 Å². The fraction of sp³-hybridized carbons (Fsp3) is 0.167. The van der Waals surface area contributed by atoms with Crippen LogP contribution < -0.4 is 11.1 Å². The minimum absolute atomic E-state index is 0.0961. The van der Waals surface area contributed by atoms with Crippen molar-refractivity contribution in [2.24, 2.45) is 5.73 Å². The molecule has 3 amide bonds. The third-order valence-electron chi connectivity index (χ3n) is 5.12. The summed E-state index contributed by atoms with van der Waals surface area (Å²) < 4.78 is 5.56. The van der Waals surface area contributed by atoms with E-state index in [4.69, 9.17) is 10.5 Å². The van der Waals surface area contributed by atoms with Crippen LogP contribution in [-0.4, -0.2) is 39.6 Å². The molecule has 2 aromatic carbocycles. The first-order chi connectivity index (χ1) is 16.0. The first-order valence-corrected chi connectivity index (χ1v) is 11.3. The van der Waals surface area contributed by atoms with Gasteiger partial charge in [0.15, 0.2) is 0 Å². The second-order valence-corrected chi connectivity index (χ2v) is 8.48. The van der Waals surface area contributed by atoms with Crippen LogP contribution >= 0.6 is 11.8 Å². The molecule has 168 valence electrons. The summed E-state index contributed by atoms with van der Waals surface area (Å²) in [5, 5.41) is 2.39. The molecule has 1 aliphatic rings. The Morgan fingerprint density at radius 2 is 1.82 bits per heavy atom. The number of amides is 3. The lowest BCUT2D eigenvalue weighted by molar-refractivity contribution is -0.120. The summed E-state index contributed by atoms with van der Waals surface area (Å²) in [6.07, 6.45) is 2.70. The number of aromatic nitrogens is 1. The molecule has 0 bridgehead atoms. The van der Waals surface area contributed by atoms with Gasteiger partial charge in [-0.15, -0.1) is 11.8 Å². The Hall–Kier alpha value is -3.85. The largest absolute Gasteiger partial charge is 0.444 e. The van der Waals surface area contributed by atoms with E-state index >= 15 is 0 Å². The van der Waals surface area contributed by atoms with Crippen LogP contribution in [-0.2, 0) is 16.1 Å². The van der Waals surface area contributed by atoms with Crippen molar-refractivity contribution < 1.29 is 19.1 Å². The molecule has 3 N–H and O–H groups in total. The monoisotopic (exact) mass is 462 g/mol. The van der Waals surface area contributed by atoms with Crippen LogP contribution in [0.15, 0.2) is 79.1 Å². The van der Waals surface area contributed by atoms with Crippen LogP contribution in [0, 0.1) is 0 Å². The number of nitrogens with one attached hydrogen (secondary N) is 1. The highest BCUT2D eigenvalue weighted by Gasteiger charge is 2.43. The van der Waals surface area contributed by atoms with E-state index in [0.29, 0.717) is 11.4 Å². The van der Waals surface area contributed by atoms with Gasteiger partial charge in [0, 0.05) is 29.4 Å². The molecule has 1 aliphatic heterocycles. The highest BCUT2D eigenvalue weighted by Crippen LogP contribution is 2.42. The fourth-order valence-corrected chi connectivity index (χ4v) is 4.91. The summed E-state index contributed by atoms with van der Waals surface area (Å²) in [6, 6.07) is 18.5. The normalized spacial score (nSPS) is 17.4. The van der Waals surface area contributed by atoms with Gasteiger partial charge in [0.2, 0.25) is 11.8 Å². The highest BCUT2D eigenvalue weighted by atomic mass is 32.2. The molecule has 4 rings (SSSR count). The number of rotatable bonds is 6. The number of nitrogens with two attached hydrogens (primary N) is 1. The van der Waals surface area contributed by atoms with Gasteiger partial charge in [-0.05, 0) is 41.5 Å². The van der Waals surface area contributed by atoms with Gasteiger partial charge in [-0.3, -0.25) is 19.5 Å². The van der Waals surface area contributed by atoms with Crippen molar-refractivity contribution in [3.05, 3.63) is 95.8 Å². The maximum Gasteiger partial charge on any atom is 0.412 e. The first kappa shape index (κ1) is 22.3. The average molecular weight is 463 g/mol. The molecule has 1 fully saturated rings. The van der Waals surface area contributed by atoms with Crippen molar-refractivity contribution in [2.75, 3.05) is 11.1 Å². The number of nitrogens with zero attached hydrogens (tertiary/aromatic N) is 2. The second-order valence-electron chi connectivity index (χ2n) is 7.36. The number of hydrogen-bond donors (Lipinski definition) is 2. The Morgan fingerprint density at radius 3 is 2.55 bits per heavy atom. The zero-order chi connectivity index (χ0) is 23.2. The van der Waals surface area contributed by atoms with E-state index in [1.54, 1.807) is 30.6 Å². The number of carbonyl (C=O) groups is 3. The van der Waals surface area contributed by atoms with E-state index in [1.807, 2.05) is 42.5 Å². The molecule has 9 heteroatoms. The molecular weight excluding hydrogens is 440 g/mol. The van der Waals surface area contributed by atoms with Crippen LogP contribution in [0.2, 0.25) is 0 Å². The van der Waals surface area contributed by atoms with E-state index < -0.39 is 23.4 Å². The summed E-state index contributed by atoms with van der Waals surface area (Å²) in [7, 11) is 0. The van der Waals surface area contributed by atoms with Gasteiger partial charge in [0.25, 0.3) is 0 Å². The van der Waals surface area contributed by atoms with Crippen LogP contribution in [0.4, 0.5) is 10.5 Å². The molecule has 33 heavy (non-hydrogen) atoms. The predicted molar refractivity (Wildman–Crippen MR) is 125 cm³/mol. The predicted octanol–water partition coefficient (Wildman–Crippen LogP) is 3.57. The molecule has 2 unspecified atom stereocenters. The number of anilines is 1. The van der Waals surface area contributed by atoms with Gasteiger partial charge in [-0.2, -0.15) is 0 Å². The Kier molecular flexibility index (Phi) is 6.89. The van der Waals surface area contributed by atoms with Crippen LogP contribution in [0.5, 0.6) is 0 Å². The molecule has 0 saturated carbocycles. The van der Waals surface area contributed by atoms with Gasteiger partial charge in [0.1, 0.15) is 18.0 Å². The Morgan fingerprint density at radius 1 is 1.06 bits per heavy atom.